The molecule has 2 amide bonds. The SMILES string of the molecule is COC(=O)[C@]1(SP(=O)(O)OC[C@H]2O[C@@H](n3ccc(NC(=O)c4ccccc4)nc3=O)[C@H](OC(=O)c3ccccc3)[C@@H]2OC(=O)c2ccccc2)C[C@H](OC(C)=O)[C@@H](NC(C)=O)[C@H]([C@H](OC(C)=O)[C@@H](COC(C)=O)OC(C)=O)O1. The lowest BCUT2D eigenvalue weighted by Gasteiger charge is -2.48. The van der Waals surface area contributed by atoms with Crippen molar-refractivity contribution < 1.29 is 99.8 Å². The molecule has 26 nitrogen and oxygen atoms in total. The van der Waals surface area contributed by atoms with Crippen molar-refractivity contribution in [1.82, 2.24) is 14.9 Å². The highest BCUT2D eigenvalue weighted by molar-refractivity contribution is 8.55. The van der Waals surface area contributed by atoms with Crippen LogP contribution in [0.5, 0.6) is 0 Å². The fourth-order valence-electron chi connectivity index (χ4n) is 8.19. The van der Waals surface area contributed by atoms with E-state index >= 15 is 0 Å². The van der Waals surface area contributed by atoms with Crippen molar-refractivity contribution in [3.63, 3.8) is 0 Å². The number of esters is 7. The number of benzene rings is 3. The third-order valence-electron chi connectivity index (χ3n) is 11.3. The molecule has 1 unspecified atom stereocenters. The van der Waals surface area contributed by atoms with Gasteiger partial charge in [-0.25, -0.2) is 23.7 Å². The molecule has 0 spiro atoms. The first-order valence-corrected chi connectivity index (χ1v) is 26.5. The van der Waals surface area contributed by atoms with Gasteiger partial charge in [0.2, 0.25) is 10.8 Å². The van der Waals surface area contributed by atoms with Gasteiger partial charge in [0.15, 0.2) is 30.6 Å². The number of aromatic nitrogens is 2. The first-order valence-electron chi connectivity index (χ1n) is 23.5. The minimum Gasteiger partial charge on any atom is -0.466 e. The fraction of sp³-hybridized carbons (Fsp3) is 0.380. The van der Waals surface area contributed by atoms with Crippen molar-refractivity contribution in [2.75, 3.05) is 25.6 Å². The van der Waals surface area contributed by atoms with Gasteiger partial charge < -0.3 is 58.2 Å². The molecular formula is C50H53N4O22PS. The maximum atomic E-state index is 14.7. The number of nitrogens with zero attached hydrogens (tertiary/aromatic N) is 2. The zero-order valence-electron chi connectivity index (χ0n) is 42.4. The van der Waals surface area contributed by atoms with E-state index in [9.17, 15) is 57.4 Å². The molecule has 28 heteroatoms. The standard InChI is InChI=1S/C50H53N4O22PS/c1-27(55)51-39-35(70-29(3)57)24-50(48(63)67-6,76-42(39)40(72-31(5)59)36(71-30(4)58)25-68-28(2)56)78-77(65,66)69-26-37-41(74-46(61)33-18-12-8-13-19-33)43(75-47(62)34-20-14-9-15-21-34)45(73-37)54-23-22-38(53-49(54)64)52-44(60)32-16-10-7-11-17-32/h7-23,35-37,39-43,45H,24-26H2,1-6H3,(H,51,55)(H,65,66)(H,52,53,60,64)/t35-,36+,37+,39+,40+,41+,42+,43+,45+,50+/m0/s1. The Morgan fingerprint density at radius 1 is 0.769 bits per heavy atom. The Bertz CT molecular complexity index is 2970. The van der Waals surface area contributed by atoms with E-state index in [-0.39, 0.29) is 33.9 Å². The second-order valence-corrected chi connectivity index (χ2v) is 21.1. The average Bonchev–Trinajstić information content (AvgIpc) is 3.83. The van der Waals surface area contributed by atoms with Gasteiger partial charge in [-0.15, -0.1) is 0 Å². The van der Waals surface area contributed by atoms with Crippen LogP contribution in [0.3, 0.4) is 0 Å². The first-order chi connectivity index (χ1) is 37.0. The normalized spacial score (nSPS) is 23.1. The molecule has 2 fully saturated rings. The quantitative estimate of drug-likeness (QED) is 0.0612. The Morgan fingerprint density at radius 3 is 1.85 bits per heavy atom. The van der Waals surface area contributed by atoms with E-state index in [0.717, 1.165) is 52.5 Å². The van der Waals surface area contributed by atoms with E-state index < -0.39 is 146 Å². The summed E-state index contributed by atoms with van der Waals surface area (Å²) >= 11 is -0.247. The van der Waals surface area contributed by atoms with Crippen molar-refractivity contribution in [2.45, 2.75) is 101 Å². The predicted octanol–water partition coefficient (Wildman–Crippen LogP) is 3.22. The smallest absolute Gasteiger partial charge is 0.389 e. The van der Waals surface area contributed by atoms with Crippen molar-refractivity contribution in [2.24, 2.45) is 0 Å². The third-order valence-corrected chi connectivity index (χ3v) is 14.7. The van der Waals surface area contributed by atoms with Gasteiger partial charge in [0.05, 0.1) is 30.9 Å². The highest BCUT2D eigenvalue weighted by Crippen LogP contribution is 2.64. The molecule has 0 saturated carbocycles. The van der Waals surface area contributed by atoms with Crippen LogP contribution in [0.2, 0.25) is 0 Å². The van der Waals surface area contributed by atoms with Crippen LogP contribution in [-0.4, -0.2) is 142 Å². The van der Waals surface area contributed by atoms with Crippen LogP contribution in [0.1, 0.15) is 78.3 Å². The maximum Gasteiger partial charge on any atom is 0.389 e. The van der Waals surface area contributed by atoms with E-state index in [1.54, 1.807) is 30.3 Å². The molecule has 2 saturated heterocycles. The lowest BCUT2D eigenvalue weighted by molar-refractivity contribution is -0.223. The van der Waals surface area contributed by atoms with E-state index in [1.165, 1.54) is 66.7 Å². The molecule has 416 valence electrons. The van der Waals surface area contributed by atoms with Crippen LogP contribution in [0.4, 0.5) is 5.82 Å². The molecule has 3 aromatic carbocycles. The second kappa shape index (κ2) is 26.5. The summed E-state index contributed by atoms with van der Waals surface area (Å²) in [6.07, 6.45) is -14.4. The molecule has 2 aliphatic rings. The molecule has 1 aromatic heterocycles. The molecule has 2 aliphatic heterocycles. The van der Waals surface area contributed by atoms with Crippen molar-refractivity contribution in [3.8, 4) is 0 Å². The summed E-state index contributed by atoms with van der Waals surface area (Å²) in [6, 6.07) is 22.5. The minimum absolute atomic E-state index is 0.00187. The average molecular weight is 1130 g/mol. The summed E-state index contributed by atoms with van der Waals surface area (Å²) in [6.45, 7) is -2.56. The third kappa shape index (κ3) is 15.7. The highest BCUT2D eigenvalue weighted by atomic mass is 32.7. The number of hydrogen-bond acceptors (Lipinski definition) is 23. The first kappa shape index (κ1) is 59.4. The molecule has 3 N–H and O–H groups in total. The molecule has 11 atom stereocenters. The lowest BCUT2D eigenvalue weighted by Crippen LogP contribution is -2.68. The number of anilines is 1. The van der Waals surface area contributed by atoms with Crippen LogP contribution < -0.4 is 16.3 Å². The molecule has 6 rings (SSSR count). The van der Waals surface area contributed by atoms with Gasteiger partial charge in [0.25, 0.3) is 5.91 Å². The zero-order chi connectivity index (χ0) is 56.9. The fourth-order valence-corrected chi connectivity index (χ4v) is 11.5. The van der Waals surface area contributed by atoms with Crippen LogP contribution in [-0.2, 0) is 80.5 Å². The Balaban J connectivity index is 1.41. The summed E-state index contributed by atoms with van der Waals surface area (Å²) in [5.74, 6) is -9.12. The van der Waals surface area contributed by atoms with Gasteiger partial charge in [-0.2, -0.15) is 4.98 Å². The van der Waals surface area contributed by atoms with E-state index in [0.29, 0.717) is 0 Å². The molecule has 3 heterocycles. The summed E-state index contributed by atoms with van der Waals surface area (Å²) in [7, 11) is 0.856. The summed E-state index contributed by atoms with van der Waals surface area (Å²) in [5, 5.41) is 4.99. The second-order valence-electron chi connectivity index (χ2n) is 17.1. The maximum absolute atomic E-state index is 14.7. The Labute approximate surface area is 447 Å². The molecule has 4 aromatic rings. The van der Waals surface area contributed by atoms with Gasteiger partial charge in [-0.1, -0.05) is 54.6 Å². The van der Waals surface area contributed by atoms with Gasteiger partial charge in [0.1, 0.15) is 30.7 Å². The van der Waals surface area contributed by atoms with Gasteiger partial charge in [-0.05, 0) is 42.5 Å². The summed E-state index contributed by atoms with van der Waals surface area (Å²) in [4.78, 5) is 144. The molecular weight excluding hydrogens is 1070 g/mol. The molecule has 0 aliphatic carbocycles. The zero-order valence-corrected chi connectivity index (χ0v) is 44.1. The van der Waals surface area contributed by atoms with Gasteiger partial charge in [0, 0.05) is 64.2 Å². The topological polar surface area (TPSA) is 342 Å². The van der Waals surface area contributed by atoms with E-state index in [1.807, 2.05) is 0 Å². The monoisotopic (exact) mass is 1120 g/mol. The number of ether oxygens (including phenoxy) is 9. The minimum atomic E-state index is -5.52. The number of nitrogens with one attached hydrogen (secondary N) is 2. The summed E-state index contributed by atoms with van der Waals surface area (Å²) < 4.78 is 72.2. The predicted molar refractivity (Wildman–Crippen MR) is 267 cm³/mol. The van der Waals surface area contributed by atoms with Crippen LogP contribution in [0, 0.1) is 0 Å². The largest absolute Gasteiger partial charge is 0.466 e. The number of methoxy groups -OCH3 is 1. The van der Waals surface area contributed by atoms with Crippen LogP contribution >= 0.6 is 18.2 Å². The van der Waals surface area contributed by atoms with Crippen molar-refractivity contribution in [1.29, 1.82) is 0 Å². The Morgan fingerprint density at radius 2 is 1.33 bits per heavy atom. The number of amides is 2. The number of carbonyl (C=O) groups excluding carboxylic acids is 9. The van der Waals surface area contributed by atoms with Gasteiger partial charge in [-0.3, -0.25) is 37.9 Å². The van der Waals surface area contributed by atoms with Crippen molar-refractivity contribution in [3.05, 3.63) is 130 Å². The Hall–Kier alpha value is -7.81. The molecule has 0 radical (unpaired) electrons. The Kier molecular flexibility index (Phi) is 20.2. The number of carbonyl (C=O) groups is 9. The van der Waals surface area contributed by atoms with Gasteiger partial charge >= 0.3 is 54.3 Å². The summed E-state index contributed by atoms with van der Waals surface area (Å²) in [5.41, 5.74) is -0.876. The van der Waals surface area contributed by atoms with Crippen molar-refractivity contribution >= 4 is 77.6 Å². The van der Waals surface area contributed by atoms with Crippen LogP contribution in [0.25, 0.3) is 0 Å². The van der Waals surface area contributed by atoms with E-state index in [2.05, 4.69) is 15.6 Å². The van der Waals surface area contributed by atoms with Crippen LogP contribution in [0.15, 0.2) is 108 Å². The number of rotatable bonds is 21. The van der Waals surface area contributed by atoms with E-state index in [4.69, 9.17) is 47.2 Å². The number of hydrogen-bond donors (Lipinski definition) is 3. The molecule has 78 heavy (non-hydrogen) atoms. The highest BCUT2D eigenvalue weighted by Gasteiger charge is 2.62. The molecule has 0 bridgehead atoms. The lowest BCUT2D eigenvalue weighted by atomic mass is 9.89.